The Labute approximate surface area is 169 Å². The monoisotopic (exact) mass is 436 g/mol. The maximum atomic E-state index is 13.0. The van der Waals surface area contributed by atoms with E-state index in [1.165, 1.54) is 12.1 Å². The van der Waals surface area contributed by atoms with Gasteiger partial charge in [0, 0.05) is 12.8 Å². The first-order valence-corrected chi connectivity index (χ1v) is 12.7. The standard InChI is InChI=1S/C19H20N2O4S3/c1-14-8-10-16(11-9-14)28(24,25)18-17(26-19(21-18)27(2,22)23)20-13-12-15-6-4-3-5-7-15/h3-11,20H,12-13H2,1-2H3. The van der Waals surface area contributed by atoms with Crippen LogP contribution in [0.4, 0.5) is 5.00 Å². The van der Waals surface area contributed by atoms with Crippen molar-refractivity contribution in [2.24, 2.45) is 0 Å². The summed E-state index contributed by atoms with van der Waals surface area (Å²) in [6.45, 7) is 2.31. The molecule has 1 aromatic heterocycles. The SMILES string of the molecule is Cc1ccc(S(=O)(=O)c2nc(S(C)(=O)=O)sc2NCCc2ccccc2)cc1. The van der Waals surface area contributed by atoms with Crippen LogP contribution in [0.15, 0.2) is 68.9 Å². The Morgan fingerprint density at radius 3 is 2.21 bits per heavy atom. The molecule has 0 atom stereocenters. The van der Waals surface area contributed by atoms with E-state index in [0.29, 0.717) is 13.0 Å². The summed E-state index contributed by atoms with van der Waals surface area (Å²) in [5.74, 6) is 0. The lowest BCUT2D eigenvalue weighted by atomic mass is 10.1. The van der Waals surface area contributed by atoms with Crippen LogP contribution in [0.3, 0.4) is 0 Å². The number of nitrogens with one attached hydrogen (secondary N) is 1. The minimum atomic E-state index is -3.95. The van der Waals surface area contributed by atoms with Gasteiger partial charge >= 0.3 is 0 Å². The third-order valence-corrected chi connectivity index (χ3v) is 8.54. The molecule has 0 radical (unpaired) electrons. The Balaban J connectivity index is 1.95. The van der Waals surface area contributed by atoms with Crippen LogP contribution < -0.4 is 5.32 Å². The quantitative estimate of drug-likeness (QED) is 0.611. The molecule has 1 N–H and O–H groups in total. The first-order valence-electron chi connectivity index (χ1n) is 8.48. The van der Waals surface area contributed by atoms with Crippen LogP contribution in [0.2, 0.25) is 0 Å². The van der Waals surface area contributed by atoms with Crippen molar-refractivity contribution >= 4 is 36.0 Å². The maximum Gasteiger partial charge on any atom is 0.226 e. The molecule has 3 rings (SSSR count). The molecule has 9 heteroatoms. The zero-order chi connectivity index (χ0) is 20.4. The number of hydrogen-bond acceptors (Lipinski definition) is 7. The Hall–Kier alpha value is -2.23. The number of rotatable bonds is 7. The molecule has 0 saturated carbocycles. The van der Waals surface area contributed by atoms with Crippen molar-refractivity contribution < 1.29 is 16.8 Å². The van der Waals surface area contributed by atoms with Crippen molar-refractivity contribution in [2.75, 3.05) is 18.1 Å². The van der Waals surface area contributed by atoms with Crippen LogP contribution in [0.1, 0.15) is 11.1 Å². The average molecular weight is 437 g/mol. The summed E-state index contributed by atoms with van der Waals surface area (Å²) in [7, 11) is -7.58. The van der Waals surface area contributed by atoms with Gasteiger partial charge in [-0.25, -0.2) is 21.8 Å². The molecule has 0 aliphatic rings. The highest BCUT2D eigenvalue weighted by Crippen LogP contribution is 2.34. The summed E-state index contributed by atoms with van der Waals surface area (Å²) >= 11 is 0.837. The zero-order valence-electron chi connectivity index (χ0n) is 15.4. The molecule has 3 aromatic rings. The second-order valence-electron chi connectivity index (χ2n) is 6.37. The van der Waals surface area contributed by atoms with Gasteiger partial charge in [0.05, 0.1) is 4.90 Å². The van der Waals surface area contributed by atoms with E-state index in [2.05, 4.69) is 10.3 Å². The highest BCUT2D eigenvalue weighted by atomic mass is 32.2. The highest BCUT2D eigenvalue weighted by Gasteiger charge is 2.29. The number of hydrogen-bond donors (Lipinski definition) is 1. The van der Waals surface area contributed by atoms with Gasteiger partial charge in [-0.3, -0.25) is 0 Å². The number of anilines is 1. The van der Waals surface area contributed by atoms with Crippen molar-refractivity contribution in [3.8, 4) is 0 Å². The summed E-state index contributed by atoms with van der Waals surface area (Å²) < 4.78 is 49.7. The predicted molar refractivity (Wildman–Crippen MR) is 110 cm³/mol. The van der Waals surface area contributed by atoms with Crippen LogP contribution >= 0.6 is 11.3 Å². The number of benzene rings is 2. The molecular formula is C19H20N2O4S3. The van der Waals surface area contributed by atoms with Gasteiger partial charge in [-0.05, 0) is 31.0 Å². The van der Waals surface area contributed by atoms with E-state index in [0.717, 1.165) is 28.7 Å². The largest absolute Gasteiger partial charge is 0.374 e. The Morgan fingerprint density at radius 2 is 1.61 bits per heavy atom. The van der Waals surface area contributed by atoms with E-state index < -0.39 is 19.7 Å². The summed E-state index contributed by atoms with van der Waals surface area (Å²) in [6.07, 6.45) is 1.68. The van der Waals surface area contributed by atoms with Crippen molar-refractivity contribution in [1.82, 2.24) is 4.98 Å². The normalized spacial score (nSPS) is 12.1. The topological polar surface area (TPSA) is 93.2 Å². The number of aromatic nitrogens is 1. The fourth-order valence-electron chi connectivity index (χ4n) is 2.53. The predicted octanol–water partition coefficient (Wildman–Crippen LogP) is 3.34. The lowest BCUT2D eigenvalue weighted by Crippen LogP contribution is -2.09. The molecule has 148 valence electrons. The lowest BCUT2D eigenvalue weighted by molar-refractivity contribution is 0.591. The molecule has 6 nitrogen and oxygen atoms in total. The first kappa shape index (κ1) is 20.5. The third-order valence-electron chi connectivity index (χ3n) is 4.02. The van der Waals surface area contributed by atoms with Gasteiger partial charge < -0.3 is 5.32 Å². The molecule has 1 heterocycles. The molecule has 0 fully saturated rings. The maximum absolute atomic E-state index is 13.0. The second-order valence-corrected chi connectivity index (χ2v) is 11.4. The van der Waals surface area contributed by atoms with E-state index in [1.54, 1.807) is 12.1 Å². The molecule has 2 aromatic carbocycles. The van der Waals surface area contributed by atoms with Crippen LogP contribution in [0, 0.1) is 6.92 Å². The van der Waals surface area contributed by atoms with E-state index >= 15 is 0 Å². The van der Waals surface area contributed by atoms with Crippen molar-refractivity contribution in [2.45, 2.75) is 27.6 Å². The number of nitrogens with zero attached hydrogens (tertiary/aromatic N) is 1. The molecule has 0 aliphatic heterocycles. The molecule has 0 aliphatic carbocycles. The molecule has 0 amide bonds. The van der Waals surface area contributed by atoms with Crippen LogP contribution in [-0.2, 0) is 26.1 Å². The molecule has 0 unspecified atom stereocenters. The Morgan fingerprint density at radius 1 is 0.964 bits per heavy atom. The minimum absolute atomic E-state index is 0.0783. The van der Waals surface area contributed by atoms with Crippen LogP contribution in [-0.4, -0.2) is 34.6 Å². The van der Waals surface area contributed by atoms with Crippen molar-refractivity contribution in [3.63, 3.8) is 0 Å². The highest BCUT2D eigenvalue weighted by molar-refractivity contribution is 7.93. The Kier molecular flexibility index (Phi) is 5.87. The fraction of sp³-hybridized carbons (Fsp3) is 0.211. The summed E-state index contributed by atoms with van der Waals surface area (Å²) in [5, 5.41) is 3.03. The number of sulfone groups is 2. The van der Waals surface area contributed by atoms with Gasteiger partial charge in [0.2, 0.25) is 24.0 Å². The summed E-state index contributed by atoms with van der Waals surface area (Å²) in [6, 6.07) is 16.1. The molecule has 28 heavy (non-hydrogen) atoms. The molecule has 0 bridgehead atoms. The van der Waals surface area contributed by atoms with Gasteiger partial charge in [0.25, 0.3) is 0 Å². The van der Waals surface area contributed by atoms with Gasteiger partial charge in [-0.15, -0.1) is 0 Å². The molecule has 0 saturated heterocycles. The fourth-order valence-corrected chi connectivity index (χ4v) is 6.08. The van der Waals surface area contributed by atoms with Crippen molar-refractivity contribution in [1.29, 1.82) is 0 Å². The first-order chi connectivity index (χ1) is 13.2. The van der Waals surface area contributed by atoms with Crippen LogP contribution in [0.25, 0.3) is 0 Å². The Bertz CT molecular complexity index is 1170. The smallest absolute Gasteiger partial charge is 0.226 e. The van der Waals surface area contributed by atoms with Gasteiger partial charge in [-0.1, -0.05) is 59.4 Å². The molecule has 0 spiro atoms. The summed E-state index contributed by atoms with van der Waals surface area (Å²) in [4.78, 5) is 4.04. The van der Waals surface area contributed by atoms with Gasteiger partial charge in [-0.2, -0.15) is 0 Å². The average Bonchev–Trinajstić information content (AvgIpc) is 3.08. The lowest BCUT2D eigenvalue weighted by Gasteiger charge is -2.07. The molecular weight excluding hydrogens is 416 g/mol. The zero-order valence-corrected chi connectivity index (χ0v) is 17.9. The van der Waals surface area contributed by atoms with E-state index in [4.69, 9.17) is 0 Å². The van der Waals surface area contributed by atoms with Crippen molar-refractivity contribution in [3.05, 3.63) is 65.7 Å². The number of thiazole rings is 1. The second kappa shape index (κ2) is 8.02. The van der Waals surface area contributed by atoms with Gasteiger partial charge in [0.1, 0.15) is 5.00 Å². The third kappa shape index (κ3) is 4.60. The van der Waals surface area contributed by atoms with E-state index in [1.807, 2.05) is 37.3 Å². The van der Waals surface area contributed by atoms with Gasteiger partial charge in [0.15, 0.2) is 5.03 Å². The minimum Gasteiger partial charge on any atom is -0.374 e. The van der Waals surface area contributed by atoms with E-state index in [9.17, 15) is 16.8 Å². The number of aryl methyl sites for hydroxylation is 1. The summed E-state index contributed by atoms with van der Waals surface area (Å²) in [5.41, 5.74) is 2.01. The van der Waals surface area contributed by atoms with Crippen LogP contribution in [0.5, 0.6) is 0 Å². The van der Waals surface area contributed by atoms with E-state index in [-0.39, 0.29) is 19.3 Å².